The summed E-state index contributed by atoms with van der Waals surface area (Å²) in [6.07, 6.45) is 0. The Morgan fingerprint density at radius 2 is 2.08 bits per heavy atom. The number of rotatable bonds is 1. The second-order valence-corrected chi connectivity index (χ2v) is 3.24. The van der Waals surface area contributed by atoms with Crippen molar-refractivity contribution in [2.75, 3.05) is 19.8 Å². The van der Waals surface area contributed by atoms with Gasteiger partial charge < -0.3 is 4.74 Å². The Labute approximate surface area is 78.1 Å². The number of nitrogens with zero attached hydrogens (tertiary/aromatic N) is 1. The molecule has 0 spiro atoms. The first kappa shape index (κ1) is 8.69. The largest absolute Gasteiger partial charge is 0.378 e. The van der Waals surface area contributed by atoms with Crippen LogP contribution in [0.2, 0.25) is 0 Å². The first-order chi connectivity index (χ1) is 6.38. The first-order valence-electron chi connectivity index (χ1n) is 4.52. The highest BCUT2D eigenvalue weighted by molar-refractivity contribution is 5.19. The maximum Gasteiger partial charge on any atom is 0.0725 e. The lowest BCUT2D eigenvalue weighted by Crippen LogP contribution is -2.43. The van der Waals surface area contributed by atoms with Gasteiger partial charge in [-0.15, -0.1) is 0 Å². The van der Waals surface area contributed by atoms with Crippen LogP contribution in [0.1, 0.15) is 11.6 Å². The number of ether oxygens (including phenoxy) is 1. The molecule has 1 aromatic rings. The van der Waals surface area contributed by atoms with E-state index >= 15 is 0 Å². The second kappa shape index (κ2) is 3.87. The van der Waals surface area contributed by atoms with Crippen LogP contribution >= 0.6 is 0 Å². The number of morpholine rings is 1. The summed E-state index contributed by atoms with van der Waals surface area (Å²) in [5.41, 5.74) is 1.23. The molecule has 1 saturated heterocycles. The van der Waals surface area contributed by atoms with Gasteiger partial charge in [-0.1, -0.05) is 30.3 Å². The molecule has 0 amide bonds. The van der Waals surface area contributed by atoms with Gasteiger partial charge in [-0.25, -0.2) is 5.01 Å². The minimum Gasteiger partial charge on any atom is -0.378 e. The van der Waals surface area contributed by atoms with Crippen LogP contribution in [-0.2, 0) is 4.74 Å². The zero-order valence-corrected chi connectivity index (χ0v) is 7.52. The third kappa shape index (κ3) is 1.88. The van der Waals surface area contributed by atoms with E-state index in [4.69, 9.17) is 10.6 Å². The number of nitrogens with two attached hydrogens (primary N) is 1. The smallest absolute Gasteiger partial charge is 0.0725 e. The van der Waals surface area contributed by atoms with E-state index < -0.39 is 0 Å². The molecule has 1 aromatic carbocycles. The van der Waals surface area contributed by atoms with Crippen molar-refractivity contribution < 1.29 is 4.74 Å². The van der Waals surface area contributed by atoms with Crippen molar-refractivity contribution >= 4 is 0 Å². The summed E-state index contributed by atoms with van der Waals surface area (Å²) in [5, 5.41) is 1.85. The molecule has 1 aliphatic rings. The van der Waals surface area contributed by atoms with E-state index in [9.17, 15) is 0 Å². The highest BCUT2D eigenvalue weighted by Crippen LogP contribution is 2.20. The summed E-state index contributed by atoms with van der Waals surface area (Å²) < 4.78 is 5.39. The Balaban J connectivity index is 2.15. The molecule has 0 unspecified atom stereocenters. The molecule has 70 valence electrons. The molecule has 13 heavy (non-hydrogen) atoms. The highest BCUT2D eigenvalue weighted by atomic mass is 16.5. The maximum absolute atomic E-state index is 5.86. The second-order valence-electron chi connectivity index (χ2n) is 3.24. The quantitative estimate of drug-likeness (QED) is 0.650. The summed E-state index contributed by atoms with van der Waals surface area (Å²) in [4.78, 5) is 0. The molecule has 1 heterocycles. The summed E-state index contributed by atoms with van der Waals surface area (Å²) in [6.45, 7) is 2.24. The lowest BCUT2D eigenvalue weighted by molar-refractivity contribution is -0.00894. The van der Waals surface area contributed by atoms with E-state index in [1.807, 2.05) is 23.2 Å². The van der Waals surface area contributed by atoms with Crippen LogP contribution in [0, 0.1) is 0 Å². The minimum absolute atomic E-state index is 0.218. The van der Waals surface area contributed by atoms with E-state index in [-0.39, 0.29) is 6.04 Å². The Morgan fingerprint density at radius 3 is 2.77 bits per heavy atom. The fourth-order valence-electron chi connectivity index (χ4n) is 1.58. The zero-order chi connectivity index (χ0) is 9.10. The molecule has 3 heteroatoms. The third-order valence-corrected chi connectivity index (χ3v) is 2.35. The monoisotopic (exact) mass is 178 g/mol. The molecule has 0 aliphatic carbocycles. The molecular formula is C10H14N2O. The minimum atomic E-state index is 0.218. The Kier molecular flexibility index (Phi) is 2.59. The summed E-state index contributed by atoms with van der Waals surface area (Å²) in [7, 11) is 0. The average Bonchev–Trinajstić information content (AvgIpc) is 2.20. The molecule has 0 bridgehead atoms. The van der Waals surface area contributed by atoms with E-state index in [1.165, 1.54) is 5.56 Å². The lowest BCUT2D eigenvalue weighted by Gasteiger charge is -2.31. The third-order valence-electron chi connectivity index (χ3n) is 2.35. The lowest BCUT2D eigenvalue weighted by atomic mass is 10.1. The van der Waals surface area contributed by atoms with E-state index in [2.05, 4.69) is 12.1 Å². The van der Waals surface area contributed by atoms with Gasteiger partial charge in [0.25, 0.3) is 0 Å². The van der Waals surface area contributed by atoms with Gasteiger partial charge in [-0.2, -0.15) is 0 Å². The number of benzene rings is 1. The topological polar surface area (TPSA) is 38.5 Å². The van der Waals surface area contributed by atoms with Crippen LogP contribution in [0.15, 0.2) is 30.3 Å². The van der Waals surface area contributed by atoms with Crippen molar-refractivity contribution in [2.24, 2.45) is 5.84 Å². The summed E-state index contributed by atoms with van der Waals surface area (Å²) in [5.74, 6) is 5.86. The molecule has 3 nitrogen and oxygen atoms in total. The average molecular weight is 178 g/mol. The van der Waals surface area contributed by atoms with Gasteiger partial charge >= 0.3 is 0 Å². The van der Waals surface area contributed by atoms with Crippen LogP contribution < -0.4 is 5.84 Å². The Morgan fingerprint density at radius 1 is 1.31 bits per heavy atom. The van der Waals surface area contributed by atoms with Crippen molar-refractivity contribution in [1.29, 1.82) is 0 Å². The van der Waals surface area contributed by atoms with Gasteiger partial charge in [-0.05, 0) is 5.56 Å². The van der Waals surface area contributed by atoms with Crippen LogP contribution in [0.25, 0.3) is 0 Å². The van der Waals surface area contributed by atoms with Gasteiger partial charge in [0.2, 0.25) is 0 Å². The molecule has 0 radical (unpaired) electrons. The van der Waals surface area contributed by atoms with Gasteiger partial charge in [0.1, 0.15) is 0 Å². The molecule has 1 aliphatic heterocycles. The molecule has 2 rings (SSSR count). The Bertz CT molecular complexity index is 263. The van der Waals surface area contributed by atoms with Crippen molar-refractivity contribution in [3.05, 3.63) is 35.9 Å². The standard InChI is InChI=1S/C10H14N2O/c11-12-6-7-13-8-10(12)9-4-2-1-3-5-9/h1-5,10H,6-8,11H2/t10-/m1/s1. The molecule has 1 atom stereocenters. The van der Waals surface area contributed by atoms with Crippen LogP contribution in [0.3, 0.4) is 0 Å². The number of hydrazine groups is 1. The van der Waals surface area contributed by atoms with Crippen molar-refractivity contribution in [1.82, 2.24) is 5.01 Å². The van der Waals surface area contributed by atoms with Gasteiger partial charge in [0.05, 0.1) is 19.3 Å². The highest BCUT2D eigenvalue weighted by Gasteiger charge is 2.21. The van der Waals surface area contributed by atoms with E-state index in [1.54, 1.807) is 0 Å². The maximum atomic E-state index is 5.86. The molecule has 0 saturated carbocycles. The predicted molar refractivity (Wildman–Crippen MR) is 50.9 cm³/mol. The molecular weight excluding hydrogens is 164 g/mol. The van der Waals surface area contributed by atoms with Gasteiger partial charge in [-0.3, -0.25) is 5.84 Å². The first-order valence-corrected chi connectivity index (χ1v) is 4.52. The van der Waals surface area contributed by atoms with Crippen molar-refractivity contribution in [3.8, 4) is 0 Å². The molecule has 0 aromatic heterocycles. The predicted octanol–water partition coefficient (Wildman–Crippen LogP) is 0.934. The SMILES string of the molecule is NN1CCOC[C@@H]1c1ccccc1. The molecule has 1 fully saturated rings. The van der Waals surface area contributed by atoms with Crippen LogP contribution in [-0.4, -0.2) is 24.8 Å². The zero-order valence-electron chi connectivity index (χ0n) is 7.52. The van der Waals surface area contributed by atoms with Crippen molar-refractivity contribution in [2.45, 2.75) is 6.04 Å². The van der Waals surface area contributed by atoms with Crippen molar-refractivity contribution in [3.63, 3.8) is 0 Å². The number of hydrogen-bond acceptors (Lipinski definition) is 3. The fourth-order valence-corrected chi connectivity index (χ4v) is 1.58. The normalized spacial score (nSPS) is 24.5. The van der Waals surface area contributed by atoms with Gasteiger partial charge in [0.15, 0.2) is 0 Å². The molecule has 2 N–H and O–H groups in total. The van der Waals surface area contributed by atoms with E-state index in [0.29, 0.717) is 6.61 Å². The number of hydrogen-bond donors (Lipinski definition) is 1. The van der Waals surface area contributed by atoms with Crippen LogP contribution in [0.5, 0.6) is 0 Å². The van der Waals surface area contributed by atoms with E-state index in [0.717, 1.165) is 13.2 Å². The Hall–Kier alpha value is -0.900. The fraction of sp³-hybridized carbons (Fsp3) is 0.400. The summed E-state index contributed by atoms with van der Waals surface area (Å²) >= 11 is 0. The van der Waals surface area contributed by atoms with Gasteiger partial charge in [0, 0.05) is 6.54 Å². The van der Waals surface area contributed by atoms with Crippen LogP contribution in [0.4, 0.5) is 0 Å². The summed E-state index contributed by atoms with van der Waals surface area (Å²) in [6, 6.07) is 10.4.